The maximum Gasteiger partial charge on any atom is 0.123 e. The van der Waals surface area contributed by atoms with Crippen molar-refractivity contribution in [3.8, 4) is 5.69 Å². The molecule has 0 spiro atoms. The summed E-state index contributed by atoms with van der Waals surface area (Å²) in [6.07, 6.45) is 8.86. The van der Waals surface area contributed by atoms with Gasteiger partial charge in [-0.2, -0.15) is 5.10 Å². The number of halogens is 1. The van der Waals surface area contributed by atoms with Gasteiger partial charge in [0.05, 0.1) is 29.6 Å². The highest BCUT2D eigenvalue weighted by Crippen LogP contribution is 2.54. The minimum Gasteiger partial charge on any atom is -0.387 e. The van der Waals surface area contributed by atoms with Crippen molar-refractivity contribution in [1.82, 2.24) is 9.78 Å². The summed E-state index contributed by atoms with van der Waals surface area (Å²) in [5, 5.41) is 16.9. The fourth-order valence-electron chi connectivity index (χ4n) is 6.32. The molecule has 2 aliphatic rings. The van der Waals surface area contributed by atoms with Gasteiger partial charge in [0, 0.05) is 12.5 Å². The highest BCUT2D eigenvalue weighted by molar-refractivity contribution is 5.82. The van der Waals surface area contributed by atoms with Crippen molar-refractivity contribution in [2.75, 3.05) is 13.7 Å². The first-order valence-corrected chi connectivity index (χ1v) is 11.5. The predicted octanol–water partition coefficient (Wildman–Crippen LogP) is 5.33. The van der Waals surface area contributed by atoms with E-state index in [-0.39, 0.29) is 11.2 Å². The number of aromatic nitrogens is 2. The van der Waals surface area contributed by atoms with E-state index in [9.17, 15) is 9.50 Å². The van der Waals surface area contributed by atoms with E-state index >= 15 is 0 Å². The number of hydrogen-bond donors (Lipinski definition) is 1. The first-order valence-electron chi connectivity index (χ1n) is 11.5. The van der Waals surface area contributed by atoms with Crippen LogP contribution in [0.4, 0.5) is 4.39 Å². The smallest absolute Gasteiger partial charge is 0.123 e. The molecule has 3 atom stereocenters. The number of aryl methyl sites for hydroxylation is 1. The predicted molar refractivity (Wildman–Crippen MR) is 120 cm³/mol. The number of ether oxygens (including phenoxy) is 1. The zero-order valence-corrected chi connectivity index (χ0v) is 18.4. The highest BCUT2D eigenvalue weighted by Gasteiger charge is 2.49. The van der Waals surface area contributed by atoms with Crippen LogP contribution in [-0.4, -0.2) is 34.2 Å². The van der Waals surface area contributed by atoms with Crippen molar-refractivity contribution in [1.29, 1.82) is 0 Å². The van der Waals surface area contributed by atoms with E-state index in [0.717, 1.165) is 61.5 Å². The van der Waals surface area contributed by atoms with E-state index in [1.54, 1.807) is 19.2 Å². The average Bonchev–Trinajstić information content (AvgIpc) is 3.10. The summed E-state index contributed by atoms with van der Waals surface area (Å²) in [6.45, 7) is 2.72. The molecule has 0 amide bonds. The van der Waals surface area contributed by atoms with Gasteiger partial charge in [-0.1, -0.05) is 6.92 Å². The summed E-state index contributed by atoms with van der Waals surface area (Å²) in [5.74, 6) is 0.216. The van der Waals surface area contributed by atoms with Crippen LogP contribution >= 0.6 is 0 Å². The minimum absolute atomic E-state index is 0.0952. The van der Waals surface area contributed by atoms with E-state index in [1.807, 2.05) is 10.9 Å². The molecule has 5 heteroatoms. The Balaban J connectivity index is 1.60. The van der Waals surface area contributed by atoms with Crippen LogP contribution in [0.5, 0.6) is 0 Å². The van der Waals surface area contributed by atoms with Crippen LogP contribution in [0.15, 0.2) is 42.6 Å². The first kappa shape index (κ1) is 20.7. The SMILES string of the molecule is CC[C@@]12CC[C@@](O)(COC)C[C@H]1CCCc1cc3c(cnn3-c3ccc(F)cc3)cc12. The van der Waals surface area contributed by atoms with Crippen LogP contribution in [-0.2, 0) is 16.6 Å². The van der Waals surface area contributed by atoms with E-state index in [2.05, 4.69) is 24.2 Å². The molecule has 1 N–H and O–H groups in total. The molecule has 164 valence electrons. The van der Waals surface area contributed by atoms with Gasteiger partial charge in [-0.25, -0.2) is 9.07 Å². The normalized spacial score (nSPS) is 28.2. The molecule has 0 bridgehead atoms. The number of rotatable bonds is 4. The topological polar surface area (TPSA) is 47.3 Å². The average molecular weight is 423 g/mol. The Kier molecular flexibility index (Phi) is 5.14. The molecule has 1 fully saturated rings. The molecule has 5 rings (SSSR count). The second-order valence-corrected chi connectivity index (χ2v) is 9.56. The highest BCUT2D eigenvalue weighted by atomic mass is 19.1. The third-order valence-electron chi connectivity index (χ3n) is 7.89. The number of nitrogens with zero attached hydrogens (tertiary/aromatic N) is 2. The van der Waals surface area contributed by atoms with E-state index in [0.29, 0.717) is 12.5 Å². The molecular weight excluding hydrogens is 391 g/mol. The van der Waals surface area contributed by atoms with Gasteiger partial charge in [-0.3, -0.25) is 0 Å². The fraction of sp³-hybridized carbons (Fsp3) is 0.500. The van der Waals surface area contributed by atoms with E-state index in [1.165, 1.54) is 23.3 Å². The van der Waals surface area contributed by atoms with Gasteiger partial charge in [-0.15, -0.1) is 0 Å². The molecule has 2 aromatic carbocycles. The maximum absolute atomic E-state index is 13.4. The molecule has 0 aliphatic heterocycles. The summed E-state index contributed by atoms with van der Waals surface area (Å²) < 4.78 is 20.7. The van der Waals surface area contributed by atoms with Crippen LogP contribution in [0.3, 0.4) is 0 Å². The molecule has 0 saturated heterocycles. The number of benzene rings is 2. The van der Waals surface area contributed by atoms with Gasteiger partial charge in [0.25, 0.3) is 0 Å². The lowest BCUT2D eigenvalue weighted by Crippen LogP contribution is -2.49. The summed E-state index contributed by atoms with van der Waals surface area (Å²) in [5.41, 5.74) is 4.18. The monoisotopic (exact) mass is 422 g/mol. The van der Waals surface area contributed by atoms with Crippen LogP contribution < -0.4 is 0 Å². The van der Waals surface area contributed by atoms with Crippen LogP contribution in [0, 0.1) is 11.7 Å². The third kappa shape index (κ3) is 3.39. The van der Waals surface area contributed by atoms with Crippen molar-refractivity contribution < 1.29 is 14.2 Å². The lowest BCUT2D eigenvalue weighted by atomic mass is 9.57. The molecule has 1 aromatic heterocycles. The number of aliphatic hydroxyl groups is 1. The lowest BCUT2D eigenvalue weighted by molar-refractivity contribution is -0.0903. The zero-order chi connectivity index (χ0) is 21.6. The van der Waals surface area contributed by atoms with Gasteiger partial charge in [0.2, 0.25) is 0 Å². The number of hydrogen-bond acceptors (Lipinski definition) is 3. The molecule has 0 radical (unpaired) electrons. The standard InChI is InChI=1S/C26H31FN2O2/c1-3-26-12-11-25(30,17-31-2)15-20(26)6-4-5-18-14-24-19(13-23(18)26)16-28-29(24)22-9-7-21(27)8-10-22/h7-10,13-14,16,20,30H,3-6,11-12,15,17H2,1-2H3/t20-,25+,26-/m1/s1. The second-order valence-electron chi connectivity index (χ2n) is 9.56. The molecule has 1 heterocycles. The summed E-state index contributed by atoms with van der Waals surface area (Å²) in [6, 6.07) is 11.2. The molecule has 0 unspecified atom stereocenters. The van der Waals surface area contributed by atoms with Gasteiger partial charge in [0.1, 0.15) is 5.82 Å². The van der Waals surface area contributed by atoms with E-state index < -0.39 is 5.60 Å². The first-order chi connectivity index (χ1) is 15.0. The molecule has 4 nitrogen and oxygen atoms in total. The Morgan fingerprint density at radius 1 is 1.23 bits per heavy atom. The van der Waals surface area contributed by atoms with Crippen LogP contribution in [0.1, 0.15) is 56.6 Å². The number of methoxy groups -OCH3 is 1. The summed E-state index contributed by atoms with van der Waals surface area (Å²) >= 11 is 0. The van der Waals surface area contributed by atoms with Crippen molar-refractivity contribution >= 4 is 10.9 Å². The van der Waals surface area contributed by atoms with Gasteiger partial charge in [-0.05, 0) is 104 Å². The van der Waals surface area contributed by atoms with Crippen molar-refractivity contribution in [2.24, 2.45) is 5.92 Å². The largest absolute Gasteiger partial charge is 0.387 e. The lowest BCUT2D eigenvalue weighted by Gasteiger charge is -2.50. The maximum atomic E-state index is 13.4. The zero-order valence-electron chi connectivity index (χ0n) is 18.4. The van der Waals surface area contributed by atoms with Gasteiger partial charge in [0.15, 0.2) is 0 Å². The Hall–Kier alpha value is -2.24. The van der Waals surface area contributed by atoms with E-state index in [4.69, 9.17) is 4.74 Å². The molecule has 1 saturated carbocycles. The Labute approximate surface area is 183 Å². The molecular formula is C26H31FN2O2. The third-order valence-corrected chi connectivity index (χ3v) is 7.89. The quantitative estimate of drug-likeness (QED) is 0.618. The second kappa shape index (κ2) is 7.72. The molecule has 31 heavy (non-hydrogen) atoms. The summed E-state index contributed by atoms with van der Waals surface area (Å²) in [7, 11) is 1.68. The van der Waals surface area contributed by atoms with Crippen LogP contribution in [0.2, 0.25) is 0 Å². The van der Waals surface area contributed by atoms with Gasteiger partial charge >= 0.3 is 0 Å². The molecule has 2 aliphatic carbocycles. The van der Waals surface area contributed by atoms with Crippen molar-refractivity contribution in [3.05, 3.63) is 59.5 Å². The fourth-order valence-corrected chi connectivity index (χ4v) is 6.32. The summed E-state index contributed by atoms with van der Waals surface area (Å²) in [4.78, 5) is 0. The number of fused-ring (bicyclic) bond motifs is 4. The molecule has 3 aromatic rings. The van der Waals surface area contributed by atoms with Crippen LogP contribution in [0.25, 0.3) is 16.6 Å². The Morgan fingerprint density at radius 3 is 2.77 bits per heavy atom. The van der Waals surface area contributed by atoms with Gasteiger partial charge < -0.3 is 9.84 Å². The Morgan fingerprint density at radius 2 is 2.03 bits per heavy atom. The Bertz CT molecular complexity index is 1090. The van der Waals surface area contributed by atoms with Crippen molar-refractivity contribution in [3.63, 3.8) is 0 Å². The van der Waals surface area contributed by atoms with Crippen molar-refractivity contribution in [2.45, 2.75) is 62.9 Å². The minimum atomic E-state index is -0.708.